The van der Waals surface area contributed by atoms with Crippen LogP contribution < -0.4 is 0 Å². The van der Waals surface area contributed by atoms with Crippen molar-refractivity contribution in [3.8, 4) is 0 Å². The number of rotatable bonds is 9. The molecule has 114 valence electrons. The van der Waals surface area contributed by atoms with E-state index in [1.807, 2.05) is 0 Å². The van der Waals surface area contributed by atoms with Crippen molar-refractivity contribution in [3.63, 3.8) is 0 Å². The normalized spacial score (nSPS) is 18.9. The first-order chi connectivity index (χ1) is 9.12. The van der Waals surface area contributed by atoms with Crippen molar-refractivity contribution in [3.05, 3.63) is 0 Å². The maximum Gasteiger partial charge on any atom is 0.0182 e. The van der Waals surface area contributed by atoms with E-state index in [1.54, 1.807) is 0 Å². The van der Waals surface area contributed by atoms with Crippen LogP contribution >= 0.6 is 0 Å². The SMILES string of the molecule is CCCCCC(C)(CCCCC)N1CCN(C)CC1. The highest BCUT2D eigenvalue weighted by molar-refractivity contribution is 4.89. The zero-order valence-corrected chi connectivity index (χ0v) is 13.9. The molecule has 0 aliphatic carbocycles. The second kappa shape index (κ2) is 8.97. The summed E-state index contributed by atoms with van der Waals surface area (Å²) in [6.07, 6.45) is 11.1. The van der Waals surface area contributed by atoms with Gasteiger partial charge in [0.15, 0.2) is 0 Å². The van der Waals surface area contributed by atoms with E-state index in [9.17, 15) is 0 Å². The third-order valence-electron chi connectivity index (χ3n) is 4.90. The van der Waals surface area contributed by atoms with E-state index in [4.69, 9.17) is 0 Å². The zero-order valence-electron chi connectivity index (χ0n) is 13.9. The van der Waals surface area contributed by atoms with Crippen molar-refractivity contribution in [2.45, 2.75) is 77.7 Å². The van der Waals surface area contributed by atoms with E-state index >= 15 is 0 Å². The highest BCUT2D eigenvalue weighted by Crippen LogP contribution is 2.29. The van der Waals surface area contributed by atoms with Gasteiger partial charge in [0.1, 0.15) is 0 Å². The molecule has 1 aliphatic heterocycles. The van der Waals surface area contributed by atoms with Gasteiger partial charge in [0, 0.05) is 31.7 Å². The molecule has 1 saturated heterocycles. The molecule has 0 saturated carbocycles. The molecule has 1 fully saturated rings. The summed E-state index contributed by atoms with van der Waals surface area (Å²) in [6, 6.07) is 0. The van der Waals surface area contributed by atoms with Crippen LogP contribution in [-0.4, -0.2) is 48.6 Å². The summed E-state index contributed by atoms with van der Waals surface area (Å²) in [5, 5.41) is 0. The van der Waals surface area contributed by atoms with Gasteiger partial charge in [-0.1, -0.05) is 52.4 Å². The molecule has 0 aromatic carbocycles. The van der Waals surface area contributed by atoms with Crippen LogP contribution in [0.25, 0.3) is 0 Å². The number of hydrogen-bond acceptors (Lipinski definition) is 2. The number of piperazine rings is 1. The number of hydrogen-bond donors (Lipinski definition) is 0. The quantitative estimate of drug-likeness (QED) is 0.580. The molecule has 2 heteroatoms. The van der Waals surface area contributed by atoms with Crippen LogP contribution in [0.5, 0.6) is 0 Å². The molecule has 0 aromatic heterocycles. The van der Waals surface area contributed by atoms with E-state index < -0.39 is 0 Å². The van der Waals surface area contributed by atoms with Gasteiger partial charge in [0.05, 0.1) is 0 Å². The van der Waals surface area contributed by atoms with E-state index in [1.165, 1.54) is 77.5 Å². The molecule has 0 atom stereocenters. The number of likely N-dealkylation sites (N-methyl/N-ethyl adjacent to an activating group) is 1. The molecule has 0 unspecified atom stereocenters. The van der Waals surface area contributed by atoms with Crippen LogP contribution in [0, 0.1) is 0 Å². The summed E-state index contributed by atoms with van der Waals surface area (Å²) in [5.41, 5.74) is 0.464. The molecule has 0 amide bonds. The third-order valence-corrected chi connectivity index (χ3v) is 4.90. The van der Waals surface area contributed by atoms with E-state index in [2.05, 4.69) is 37.6 Å². The zero-order chi connectivity index (χ0) is 14.1. The van der Waals surface area contributed by atoms with Crippen molar-refractivity contribution in [1.82, 2.24) is 9.80 Å². The molecule has 2 nitrogen and oxygen atoms in total. The highest BCUT2D eigenvalue weighted by atomic mass is 15.3. The van der Waals surface area contributed by atoms with Gasteiger partial charge in [-0.25, -0.2) is 0 Å². The van der Waals surface area contributed by atoms with Gasteiger partial charge in [-0.2, -0.15) is 0 Å². The van der Waals surface area contributed by atoms with Gasteiger partial charge in [0.25, 0.3) is 0 Å². The average molecular weight is 268 g/mol. The van der Waals surface area contributed by atoms with Gasteiger partial charge >= 0.3 is 0 Å². The average Bonchev–Trinajstić information content (AvgIpc) is 2.40. The maximum absolute atomic E-state index is 2.79. The molecule has 0 spiro atoms. The summed E-state index contributed by atoms with van der Waals surface area (Å²) >= 11 is 0. The predicted octanol–water partition coefficient (Wildman–Crippen LogP) is 4.15. The summed E-state index contributed by atoms with van der Waals surface area (Å²) in [7, 11) is 2.25. The standard InChI is InChI=1S/C17H36N2/c1-5-7-9-11-17(3,12-10-8-6-2)19-15-13-18(4)14-16-19/h5-16H2,1-4H3. The maximum atomic E-state index is 2.79. The topological polar surface area (TPSA) is 6.48 Å². The second-order valence-electron chi connectivity index (χ2n) is 6.70. The van der Waals surface area contributed by atoms with Crippen molar-refractivity contribution in [2.75, 3.05) is 33.2 Å². The molecule has 0 N–H and O–H groups in total. The fourth-order valence-electron chi connectivity index (χ4n) is 3.30. The van der Waals surface area contributed by atoms with Gasteiger partial charge in [-0.05, 0) is 26.8 Å². The van der Waals surface area contributed by atoms with Crippen molar-refractivity contribution in [1.29, 1.82) is 0 Å². The lowest BCUT2D eigenvalue weighted by Gasteiger charge is -2.46. The molecule has 1 rings (SSSR count). The lowest BCUT2D eigenvalue weighted by atomic mass is 9.86. The minimum absolute atomic E-state index is 0.464. The minimum Gasteiger partial charge on any atom is -0.304 e. The van der Waals surface area contributed by atoms with Gasteiger partial charge in [-0.15, -0.1) is 0 Å². The molecule has 0 radical (unpaired) electrons. The monoisotopic (exact) mass is 268 g/mol. The molecule has 1 heterocycles. The van der Waals surface area contributed by atoms with Crippen LogP contribution in [0.4, 0.5) is 0 Å². The molecule has 0 bridgehead atoms. The summed E-state index contributed by atoms with van der Waals surface area (Å²) in [6.45, 7) is 12.2. The Labute approximate surface area is 121 Å². The minimum atomic E-state index is 0.464. The smallest absolute Gasteiger partial charge is 0.0182 e. The van der Waals surface area contributed by atoms with E-state index in [-0.39, 0.29) is 0 Å². The van der Waals surface area contributed by atoms with Crippen LogP contribution in [0.2, 0.25) is 0 Å². The van der Waals surface area contributed by atoms with Crippen molar-refractivity contribution < 1.29 is 0 Å². The van der Waals surface area contributed by atoms with Gasteiger partial charge in [-0.3, -0.25) is 4.90 Å². The molecule has 0 aromatic rings. The van der Waals surface area contributed by atoms with Crippen molar-refractivity contribution >= 4 is 0 Å². The largest absolute Gasteiger partial charge is 0.304 e. The highest BCUT2D eigenvalue weighted by Gasteiger charge is 2.32. The Hall–Kier alpha value is -0.0800. The lowest BCUT2D eigenvalue weighted by molar-refractivity contribution is 0.0357. The Morgan fingerprint density at radius 3 is 1.68 bits per heavy atom. The van der Waals surface area contributed by atoms with E-state index in [0.29, 0.717) is 5.54 Å². The number of nitrogens with zero attached hydrogens (tertiary/aromatic N) is 2. The molecular formula is C17H36N2. The molecule has 1 aliphatic rings. The lowest BCUT2D eigenvalue weighted by Crippen LogP contribution is -2.55. The Morgan fingerprint density at radius 1 is 0.789 bits per heavy atom. The molecular weight excluding hydrogens is 232 g/mol. The first-order valence-corrected chi connectivity index (χ1v) is 8.56. The Bertz CT molecular complexity index is 209. The Kier molecular flexibility index (Phi) is 8.01. The van der Waals surface area contributed by atoms with Crippen LogP contribution in [0.1, 0.15) is 72.1 Å². The van der Waals surface area contributed by atoms with Crippen LogP contribution in [0.3, 0.4) is 0 Å². The van der Waals surface area contributed by atoms with Gasteiger partial charge < -0.3 is 4.90 Å². The fourth-order valence-corrected chi connectivity index (χ4v) is 3.30. The van der Waals surface area contributed by atoms with E-state index in [0.717, 1.165) is 0 Å². The first-order valence-electron chi connectivity index (χ1n) is 8.56. The fraction of sp³-hybridized carbons (Fsp3) is 1.00. The first kappa shape index (κ1) is 17.0. The van der Waals surface area contributed by atoms with Crippen LogP contribution in [0.15, 0.2) is 0 Å². The number of unbranched alkanes of at least 4 members (excludes halogenated alkanes) is 4. The van der Waals surface area contributed by atoms with Crippen LogP contribution in [-0.2, 0) is 0 Å². The van der Waals surface area contributed by atoms with Gasteiger partial charge in [0.2, 0.25) is 0 Å². The predicted molar refractivity (Wildman–Crippen MR) is 85.8 cm³/mol. The summed E-state index contributed by atoms with van der Waals surface area (Å²) < 4.78 is 0. The molecule has 19 heavy (non-hydrogen) atoms. The Morgan fingerprint density at radius 2 is 1.26 bits per heavy atom. The summed E-state index contributed by atoms with van der Waals surface area (Å²) in [4.78, 5) is 5.26. The van der Waals surface area contributed by atoms with Crippen molar-refractivity contribution in [2.24, 2.45) is 0 Å². The Balaban J connectivity index is 2.50. The third kappa shape index (κ3) is 5.83. The second-order valence-corrected chi connectivity index (χ2v) is 6.70. The summed E-state index contributed by atoms with van der Waals surface area (Å²) in [5.74, 6) is 0.